The molecule has 2 N–H and O–H groups in total. The number of piperidine rings is 1. The number of rotatable bonds is 4. The fraction of sp³-hybridized carbons (Fsp3) is 0.300. The molecule has 4 rings (SSSR count). The van der Waals surface area contributed by atoms with Crippen LogP contribution >= 0.6 is 0 Å². The molecule has 0 unspecified atom stereocenters. The number of urea groups is 1. The minimum absolute atomic E-state index is 0.368. The van der Waals surface area contributed by atoms with Gasteiger partial charge in [0.1, 0.15) is 17.8 Å². The molecule has 1 saturated heterocycles. The Morgan fingerprint density at radius 1 is 1.17 bits per heavy atom. The Labute approximate surface area is 167 Å². The Balaban J connectivity index is 1.47. The van der Waals surface area contributed by atoms with E-state index < -0.39 is 11.8 Å². The third-order valence-corrected chi connectivity index (χ3v) is 4.94. The highest BCUT2D eigenvalue weighted by Gasteiger charge is 2.20. The third kappa shape index (κ3) is 4.50. The summed E-state index contributed by atoms with van der Waals surface area (Å²) in [6.07, 6.45) is 8.75. The summed E-state index contributed by atoms with van der Waals surface area (Å²) in [5.74, 6) is 0.962. The minimum atomic E-state index is -0.483. The van der Waals surface area contributed by atoms with E-state index in [4.69, 9.17) is 0 Å². The molecule has 0 atom stereocenters. The van der Waals surface area contributed by atoms with Crippen LogP contribution in [0.1, 0.15) is 19.8 Å². The lowest BCUT2D eigenvalue weighted by Crippen LogP contribution is -2.33. The molecule has 2 amide bonds. The topological polar surface area (TPSA) is 88.0 Å². The van der Waals surface area contributed by atoms with E-state index >= 15 is 0 Å². The maximum atomic E-state index is 13.2. The van der Waals surface area contributed by atoms with Crippen molar-refractivity contribution < 1.29 is 9.18 Å². The largest absolute Gasteiger partial charge is 0.367 e. The number of aromatic nitrogens is 4. The lowest BCUT2D eigenvalue weighted by molar-refractivity contribution is 0.262. The number of nitrogens with zero attached hydrogens (tertiary/aromatic N) is 5. The van der Waals surface area contributed by atoms with Gasteiger partial charge in [-0.25, -0.2) is 23.8 Å². The number of benzene rings is 1. The zero-order valence-electron chi connectivity index (χ0n) is 16.0. The molecule has 3 heterocycles. The number of hydrogen-bond donors (Lipinski definition) is 2. The molecular weight excluding hydrogens is 373 g/mol. The monoisotopic (exact) mass is 395 g/mol. The van der Waals surface area contributed by atoms with E-state index in [2.05, 4.69) is 37.5 Å². The minimum Gasteiger partial charge on any atom is -0.367 e. The predicted molar refractivity (Wildman–Crippen MR) is 109 cm³/mol. The summed E-state index contributed by atoms with van der Waals surface area (Å²) >= 11 is 0. The van der Waals surface area contributed by atoms with Crippen molar-refractivity contribution in [1.82, 2.24) is 19.7 Å². The zero-order chi connectivity index (χ0) is 20.2. The van der Waals surface area contributed by atoms with Gasteiger partial charge in [-0.1, -0.05) is 13.0 Å². The van der Waals surface area contributed by atoms with Crippen molar-refractivity contribution in [2.45, 2.75) is 19.8 Å². The molecule has 8 nitrogen and oxygen atoms in total. The number of carbonyl (C=O) groups is 1. The number of nitrogens with one attached hydrogen (secondary N) is 2. The van der Waals surface area contributed by atoms with Crippen molar-refractivity contribution in [2.75, 3.05) is 28.6 Å². The van der Waals surface area contributed by atoms with Crippen molar-refractivity contribution in [2.24, 2.45) is 5.92 Å². The molecule has 0 radical (unpaired) electrons. The Morgan fingerprint density at radius 3 is 2.76 bits per heavy atom. The fourth-order valence-electron chi connectivity index (χ4n) is 3.33. The average molecular weight is 395 g/mol. The first-order valence-electron chi connectivity index (χ1n) is 9.52. The Hall–Kier alpha value is -3.49. The number of amides is 2. The predicted octanol–water partition coefficient (Wildman–Crippen LogP) is 3.68. The van der Waals surface area contributed by atoms with Crippen LogP contribution < -0.4 is 15.5 Å². The van der Waals surface area contributed by atoms with Gasteiger partial charge in [-0.15, -0.1) is 0 Å². The number of anilines is 3. The summed E-state index contributed by atoms with van der Waals surface area (Å²) in [4.78, 5) is 23.0. The first kappa shape index (κ1) is 18.9. The van der Waals surface area contributed by atoms with Crippen molar-refractivity contribution >= 4 is 23.1 Å². The van der Waals surface area contributed by atoms with Crippen LogP contribution in [-0.2, 0) is 0 Å². The maximum absolute atomic E-state index is 13.2. The summed E-state index contributed by atoms with van der Waals surface area (Å²) in [5, 5.41) is 9.61. The maximum Gasteiger partial charge on any atom is 0.323 e. The highest BCUT2D eigenvalue weighted by atomic mass is 19.1. The van der Waals surface area contributed by atoms with E-state index in [-0.39, 0.29) is 0 Å². The van der Waals surface area contributed by atoms with Crippen molar-refractivity contribution in [3.05, 3.63) is 55.0 Å². The normalized spacial score (nSPS) is 14.6. The van der Waals surface area contributed by atoms with Gasteiger partial charge in [-0.2, -0.15) is 5.10 Å². The molecule has 3 aromatic rings. The Kier molecular flexibility index (Phi) is 5.37. The van der Waals surface area contributed by atoms with Crippen LogP contribution in [0.15, 0.2) is 49.2 Å². The van der Waals surface area contributed by atoms with Gasteiger partial charge in [0.25, 0.3) is 0 Å². The van der Waals surface area contributed by atoms with Crippen LogP contribution in [0.4, 0.5) is 26.2 Å². The van der Waals surface area contributed by atoms with Crippen LogP contribution in [-0.4, -0.2) is 38.9 Å². The van der Waals surface area contributed by atoms with Crippen LogP contribution in [0, 0.1) is 11.7 Å². The zero-order valence-corrected chi connectivity index (χ0v) is 16.0. The summed E-state index contributed by atoms with van der Waals surface area (Å²) in [6.45, 7) is 4.16. The lowest BCUT2D eigenvalue weighted by Gasteiger charge is -2.32. The van der Waals surface area contributed by atoms with Gasteiger partial charge >= 0.3 is 6.03 Å². The highest BCUT2D eigenvalue weighted by Crippen LogP contribution is 2.26. The molecule has 29 heavy (non-hydrogen) atoms. The number of hydrogen-bond acceptors (Lipinski definition) is 5. The second-order valence-electron chi connectivity index (χ2n) is 7.16. The first-order chi connectivity index (χ1) is 14.1. The molecule has 1 aliphatic heterocycles. The van der Waals surface area contributed by atoms with Gasteiger partial charge in [-0.3, -0.25) is 0 Å². The molecule has 2 aromatic heterocycles. The van der Waals surface area contributed by atoms with Crippen LogP contribution in [0.5, 0.6) is 0 Å². The van der Waals surface area contributed by atoms with Crippen LogP contribution in [0.3, 0.4) is 0 Å². The number of halogens is 1. The van der Waals surface area contributed by atoms with Crippen molar-refractivity contribution in [3.8, 4) is 5.82 Å². The van der Waals surface area contributed by atoms with E-state index in [0.717, 1.165) is 37.5 Å². The molecule has 0 saturated carbocycles. The van der Waals surface area contributed by atoms with E-state index in [0.29, 0.717) is 17.2 Å². The smallest absolute Gasteiger partial charge is 0.323 e. The molecule has 0 bridgehead atoms. The van der Waals surface area contributed by atoms with Crippen LogP contribution in [0.2, 0.25) is 0 Å². The highest BCUT2D eigenvalue weighted by molar-refractivity contribution is 5.99. The van der Waals surface area contributed by atoms with Gasteiger partial charge < -0.3 is 15.5 Å². The van der Waals surface area contributed by atoms with Gasteiger partial charge in [0.05, 0.1) is 24.3 Å². The second kappa shape index (κ2) is 8.26. The van der Waals surface area contributed by atoms with Gasteiger partial charge in [0.2, 0.25) is 0 Å². The van der Waals surface area contributed by atoms with E-state index in [1.807, 2.05) is 0 Å². The molecule has 1 aliphatic rings. The molecule has 1 aromatic carbocycles. The van der Waals surface area contributed by atoms with E-state index in [9.17, 15) is 9.18 Å². The summed E-state index contributed by atoms with van der Waals surface area (Å²) in [5.41, 5.74) is 1.78. The van der Waals surface area contributed by atoms with Crippen molar-refractivity contribution in [3.63, 3.8) is 0 Å². The second-order valence-corrected chi connectivity index (χ2v) is 7.16. The van der Waals surface area contributed by atoms with Crippen LogP contribution in [0.25, 0.3) is 5.82 Å². The summed E-state index contributed by atoms with van der Waals surface area (Å²) in [7, 11) is 0. The Morgan fingerprint density at radius 2 is 1.97 bits per heavy atom. The lowest BCUT2D eigenvalue weighted by atomic mass is 9.99. The first-order valence-corrected chi connectivity index (χ1v) is 9.52. The fourth-order valence-corrected chi connectivity index (χ4v) is 3.33. The molecule has 9 heteroatoms. The molecule has 150 valence electrons. The van der Waals surface area contributed by atoms with Gasteiger partial charge in [0, 0.05) is 18.8 Å². The quantitative estimate of drug-likeness (QED) is 0.704. The van der Waals surface area contributed by atoms with E-state index in [1.54, 1.807) is 23.1 Å². The molecule has 1 fully saturated rings. The van der Waals surface area contributed by atoms with E-state index in [1.165, 1.54) is 30.7 Å². The molecule has 0 aliphatic carbocycles. The Bertz CT molecular complexity index is 998. The van der Waals surface area contributed by atoms with Gasteiger partial charge in [-0.05, 0) is 37.0 Å². The summed E-state index contributed by atoms with van der Waals surface area (Å²) < 4.78 is 14.9. The number of carbonyl (C=O) groups excluding carboxylic acids is 1. The van der Waals surface area contributed by atoms with Gasteiger partial charge in [0.15, 0.2) is 5.82 Å². The van der Waals surface area contributed by atoms with Crippen molar-refractivity contribution in [1.29, 1.82) is 0 Å². The average Bonchev–Trinajstić information content (AvgIpc) is 3.17. The molecule has 0 spiro atoms. The standard InChI is InChI=1S/C20H22FN7O/c1-14-5-7-27(8-6-14)18-11-22-13-23-19(18)28-12-17(10-24-28)26-20(29)25-16-4-2-3-15(21)9-16/h2-4,9-14H,5-8H2,1H3,(H2,25,26,29). The molecular formula is C20H22FN7O. The summed E-state index contributed by atoms with van der Waals surface area (Å²) in [6, 6.07) is 5.22. The SMILES string of the molecule is CC1CCN(c2cncnc2-n2cc(NC(=O)Nc3cccc(F)c3)cn2)CC1. The third-order valence-electron chi connectivity index (χ3n) is 4.94.